The highest BCUT2D eigenvalue weighted by Crippen LogP contribution is 2.13. The third kappa shape index (κ3) is 1.66. The second kappa shape index (κ2) is 3.63. The highest BCUT2D eigenvalue weighted by atomic mass is 32.1. The Kier molecular flexibility index (Phi) is 2.12. The van der Waals surface area contributed by atoms with Crippen molar-refractivity contribution in [1.82, 2.24) is 20.2 Å². The van der Waals surface area contributed by atoms with Crippen molar-refractivity contribution in [1.29, 1.82) is 0 Å². The van der Waals surface area contributed by atoms with E-state index in [0.717, 1.165) is 0 Å². The molecule has 84 valence electrons. The smallest absolute Gasteiger partial charge is 0.284 e. The number of hydrogen-bond acceptors (Lipinski definition) is 5. The van der Waals surface area contributed by atoms with Crippen LogP contribution in [-0.4, -0.2) is 20.2 Å². The summed E-state index contributed by atoms with van der Waals surface area (Å²) in [6, 6.07) is 7.21. The van der Waals surface area contributed by atoms with Gasteiger partial charge in [-0.15, -0.1) is 5.10 Å². The Bertz CT molecular complexity index is 801. The molecule has 0 amide bonds. The van der Waals surface area contributed by atoms with Crippen LogP contribution in [0.5, 0.6) is 0 Å². The molecular formula is C10H6N4O2S. The molecule has 0 atom stereocenters. The van der Waals surface area contributed by atoms with Gasteiger partial charge in [0, 0.05) is 0 Å². The molecule has 0 saturated heterocycles. The summed E-state index contributed by atoms with van der Waals surface area (Å²) < 4.78 is 5.06. The van der Waals surface area contributed by atoms with E-state index in [0.29, 0.717) is 11.0 Å². The molecule has 0 aliphatic rings. The van der Waals surface area contributed by atoms with Gasteiger partial charge in [-0.2, -0.15) is 0 Å². The number of H-pyrrole nitrogens is 2. The average Bonchev–Trinajstić information content (AvgIpc) is 2.75. The van der Waals surface area contributed by atoms with Gasteiger partial charge in [0.2, 0.25) is 0 Å². The number of nitrogens with one attached hydrogen (secondary N) is 2. The molecule has 0 fully saturated rings. The molecule has 0 spiro atoms. The fraction of sp³-hybridized carbons (Fsp3) is 0. The third-order valence-corrected chi connectivity index (χ3v) is 2.41. The summed E-state index contributed by atoms with van der Waals surface area (Å²) >= 11 is 4.75. The fourth-order valence-corrected chi connectivity index (χ4v) is 1.63. The SMILES string of the molecule is O=c1[nH]c2ccccc2nc1-c1n[nH]c(=S)o1. The van der Waals surface area contributed by atoms with Gasteiger partial charge in [-0.05, 0) is 24.4 Å². The maximum absolute atomic E-state index is 11.8. The van der Waals surface area contributed by atoms with Crippen LogP contribution in [0, 0.1) is 4.84 Å². The van der Waals surface area contributed by atoms with Crippen LogP contribution >= 0.6 is 12.2 Å². The number of aromatic amines is 2. The van der Waals surface area contributed by atoms with Crippen molar-refractivity contribution in [2.45, 2.75) is 0 Å². The van der Waals surface area contributed by atoms with Gasteiger partial charge in [0.25, 0.3) is 16.3 Å². The van der Waals surface area contributed by atoms with E-state index in [1.165, 1.54) is 0 Å². The standard InChI is InChI=1S/C10H6N4O2S/c15-8-7(9-13-14-10(17)16-9)11-5-3-1-2-4-6(5)12-8/h1-4H,(H,12,15)(H,14,17). The van der Waals surface area contributed by atoms with Gasteiger partial charge in [0.05, 0.1) is 11.0 Å². The minimum absolute atomic E-state index is 0.0852. The summed E-state index contributed by atoms with van der Waals surface area (Å²) in [6.07, 6.45) is 0. The first-order valence-corrected chi connectivity index (χ1v) is 5.20. The van der Waals surface area contributed by atoms with Crippen molar-refractivity contribution in [2.24, 2.45) is 0 Å². The predicted octanol–water partition coefficient (Wildman–Crippen LogP) is 1.64. The Labute approximate surface area is 99.3 Å². The maximum atomic E-state index is 11.8. The van der Waals surface area contributed by atoms with Crippen molar-refractivity contribution in [3.05, 3.63) is 39.5 Å². The molecule has 0 aliphatic carbocycles. The number of para-hydroxylation sites is 2. The molecular weight excluding hydrogens is 240 g/mol. The van der Waals surface area contributed by atoms with E-state index in [2.05, 4.69) is 20.2 Å². The van der Waals surface area contributed by atoms with Gasteiger partial charge in [-0.25, -0.2) is 10.1 Å². The number of benzene rings is 1. The Morgan fingerprint density at radius 2 is 2.12 bits per heavy atom. The highest BCUT2D eigenvalue weighted by Gasteiger charge is 2.12. The quantitative estimate of drug-likeness (QED) is 0.637. The van der Waals surface area contributed by atoms with E-state index in [1.807, 2.05) is 12.1 Å². The fourth-order valence-electron chi connectivity index (χ4n) is 1.51. The molecule has 3 rings (SSSR count). The lowest BCUT2D eigenvalue weighted by Crippen LogP contribution is -2.11. The Balaban J connectivity index is 2.33. The Hall–Kier alpha value is -2.28. The molecule has 0 radical (unpaired) electrons. The zero-order chi connectivity index (χ0) is 11.8. The van der Waals surface area contributed by atoms with E-state index >= 15 is 0 Å². The zero-order valence-electron chi connectivity index (χ0n) is 8.43. The van der Waals surface area contributed by atoms with Crippen LogP contribution in [-0.2, 0) is 0 Å². The largest absolute Gasteiger partial charge is 0.407 e. The van der Waals surface area contributed by atoms with Gasteiger partial charge in [0.15, 0.2) is 5.69 Å². The van der Waals surface area contributed by atoms with Crippen molar-refractivity contribution in [2.75, 3.05) is 0 Å². The lowest BCUT2D eigenvalue weighted by molar-refractivity contribution is 0.549. The van der Waals surface area contributed by atoms with Crippen LogP contribution in [0.1, 0.15) is 0 Å². The average molecular weight is 246 g/mol. The van der Waals surface area contributed by atoms with Crippen molar-refractivity contribution < 1.29 is 4.42 Å². The normalized spacial score (nSPS) is 10.8. The Morgan fingerprint density at radius 3 is 2.88 bits per heavy atom. The zero-order valence-corrected chi connectivity index (χ0v) is 9.25. The molecule has 3 aromatic rings. The molecule has 0 unspecified atom stereocenters. The number of nitrogens with zero attached hydrogens (tertiary/aromatic N) is 2. The molecule has 2 N–H and O–H groups in total. The summed E-state index contributed by atoms with van der Waals surface area (Å²) in [4.78, 5) is 18.8. The number of fused-ring (bicyclic) bond motifs is 1. The first kappa shape index (κ1) is 9.91. The van der Waals surface area contributed by atoms with Crippen LogP contribution in [0.2, 0.25) is 0 Å². The number of hydrogen-bond donors (Lipinski definition) is 2. The molecule has 17 heavy (non-hydrogen) atoms. The van der Waals surface area contributed by atoms with E-state index in [9.17, 15) is 4.79 Å². The van der Waals surface area contributed by atoms with Gasteiger partial charge in [-0.1, -0.05) is 12.1 Å². The number of rotatable bonds is 1. The number of aromatic nitrogens is 4. The molecule has 0 aliphatic heterocycles. The molecule has 1 aromatic carbocycles. The summed E-state index contributed by atoms with van der Waals surface area (Å²) in [5.74, 6) is 0.0852. The van der Waals surface area contributed by atoms with Crippen LogP contribution in [0.25, 0.3) is 22.6 Å². The first-order chi connectivity index (χ1) is 8.24. The van der Waals surface area contributed by atoms with Gasteiger partial charge in [0.1, 0.15) is 0 Å². The minimum Gasteiger partial charge on any atom is -0.407 e. The van der Waals surface area contributed by atoms with Gasteiger partial charge < -0.3 is 9.40 Å². The van der Waals surface area contributed by atoms with E-state index in [4.69, 9.17) is 16.6 Å². The van der Waals surface area contributed by atoms with Crippen molar-refractivity contribution >= 4 is 23.3 Å². The molecule has 6 nitrogen and oxygen atoms in total. The second-order valence-corrected chi connectivity index (χ2v) is 3.72. The summed E-state index contributed by atoms with van der Waals surface area (Å²) in [5.41, 5.74) is 1.06. The molecule has 2 aromatic heterocycles. The van der Waals surface area contributed by atoms with Gasteiger partial charge >= 0.3 is 0 Å². The van der Waals surface area contributed by atoms with E-state index in [1.54, 1.807) is 12.1 Å². The van der Waals surface area contributed by atoms with E-state index in [-0.39, 0.29) is 22.0 Å². The lowest BCUT2D eigenvalue weighted by Gasteiger charge is -1.97. The Morgan fingerprint density at radius 1 is 1.29 bits per heavy atom. The van der Waals surface area contributed by atoms with Gasteiger partial charge in [-0.3, -0.25) is 4.79 Å². The maximum Gasteiger partial charge on any atom is 0.284 e. The summed E-state index contributed by atoms with van der Waals surface area (Å²) in [7, 11) is 0. The second-order valence-electron chi connectivity index (χ2n) is 3.35. The first-order valence-electron chi connectivity index (χ1n) is 4.79. The van der Waals surface area contributed by atoms with Crippen molar-refractivity contribution in [3.8, 4) is 11.6 Å². The minimum atomic E-state index is -0.367. The van der Waals surface area contributed by atoms with Crippen LogP contribution in [0.3, 0.4) is 0 Å². The highest BCUT2D eigenvalue weighted by molar-refractivity contribution is 7.71. The topological polar surface area (TPSA) is 87.6 Å². The summed E-state index contributed by atoms with van der Waals surface area (Å²) in [5, 5.41) is 6.22. The lowest BCUT2D eigenvalue weighted by atomic mass is 10.3. The third-order valence-electron chi connectivity index (χ3n) is 2.24. The van der Waals surface area contributed by atoms with Crippen LogP contribution in [0.15, 0.2) is 33.5 Å². The molecule has 0 bridgehead atoms. The van der Waals surface area contributed by atoms with Crippen LogP contribution in [0.4, 0.5) is 0 Å². The molecule has 7 heteroatoms. The molecule has 2 heterocycles. The predicted molar refractivity (Wildman–Crippen MR) is 63.0 cm³/mol. The van der Waals surface area contributed by atoms with E-state index < -0.39 is 0 Å². The molecule has 0 saturated carbocycles. The monoisotopic (exact) mass is 246 g/mol. The van der Waals surface area contributed by atoms with Crippen LogP contribution < -0.4 is 5.56 Å². The summed E-state index contributed by atoms with van der Waals surface area (Å²) in [6.45, 7) is 0. The van der Waals surface area contributed by atoms with Crippen molar-refractivity contribution in [3.63, 3.8) is 0 Å².